The number of nitrogens with one attached hydrogen (secondary N) is 1. The minimum atomic E-state index is -3.24. The molecule has 1 aliphatic rings. The molecule has 0 spiro atoms. The summed E-state index contributed by atoms with van der Waals surface area (Å²) in [6.07, 6.45) is 3.49. The second-order valence-corrected chi connectivity index (χ2v) is 8.09. The van der Waals surface area contributed by atoms with Crippen LogP contribution in [0.2, 0.25) is 0 Å². The van der Waals surface area contributed by atoms with Gasteiger partial charge >= 0.3 is 6.09 Å². The first kappa shape index (κ1) is 20.9. The van der Waals surface area contributed by atoms with Crippen molar-refractivity contribution in [3.05, 3.63) is 61.1 Å². The van der Waals surface area contributed by atoms with Crippen LogP contribution in [0.5, 0.6) is 0 Å². The lowest BCUT2D eigenvalue weighted by Gasteiger charge is -2.19. The van der Waals surface area contributed by atoms with Crippen LogP contribution in [-0.4, -0.2) is 75.6 Å². The molecule has 5 aromatic rings. The van der Waals surface area contributed by atoms with E-state index >= 15 is 0 Å². The molecule has 0 radical (unpaired) electrons. The van der Waals surface area contributed by atoms with E-state index in [-0.39, 0.29) is 12.4 Å². The Balaban J connectivity index is 1.44. The van der Waals surface area contributed by atoms with Crippen molar-refractivity contribution in [2.24, 2.45) is 0 Å². The quantitative estimate of drug-likeness (QED) is 0.405. The van der Waals surface area contributed by atoms with Gasteiger partial charge in [-0.2, -0.15) is 19.9 Å². The monoisotopic (exact) mass is 477 g/mol. The summed E-state index contributed by atoms with van der Waals surface area (Å²) in [6, 6.07) is 10.8. The van der Waals surface area contributed by atoms with E-state index < -0.39 is 24.6 Å². The third-order valence-corrected chi connectivity index (χ3v) is 5.85. The Bertz CT molecular complexity index is 1580. The summed E-state index contributed by atoms with van der Waals surface area (Å²) >= 11 is 0. The predicted molar refractivity (Wildman–Crippen MR) is 120 cm³/mol. The molecule has 35 heavy (non-hydrogen) atoms. The van der Waals surface area contributed by atoms with Crippen LogP contribution in [-0.2, 0) is 0 Å². The van der Waals surface area contributed by atoms with Gasteiger partial charge in [0.05, 0.1) is 36.1 Å². The minimum Gasteiger partial charge on any atom is -0.465 e. The second kappa shape index (κ2) is 7.68. The summed E-state index contributed by atoms with van der Waals surface area (Å²) in [5, 5.41) is 24.7. The SMILES string of the molecule is O=C(O)N1CC(Nc2cccc(-c3c(-c4cnn5ncccc45)nc4cccnn34)n2)C(F)(F)C1. The maximum Gasteiger partial charge on any atom is 0.407 e. The number of pyridine rings is 1. The van der Waals surface area contributed by atoms with E-state index in [9.17, 15) is 13.6 Å². The van der Waals surface area contributed by atoms with Crippen LogP contribution in [0.25, 0.3) is 33.8 Å². The fourth-order valence-corrected chi connectivity index (χ4v) is 4.23. The molecule has 6 rings (SSSR count). The molecule has 2 N–H and O–H groups in total. The molecule has 1 aliphatic heterocycles. The zero-order valence-electron chi connectivity index (χ0n) is 18.0. The molecule has 1 fully saturated rings. The van der Waals surface area contributed by atoms with Crippen molar-refractivity contribution in [2.75, 3.05) is 18.4 Å². The van der Waals surface area contributed by atoms with E-state index in [1.54, 1.807) is 59.5 Å². The maximum atomic E-state index is 14.5. The van der Waals surface area contributed by atoms with Crippen molar-refractivity contribution in [3.63, 3.8) is 0 Å². The number of hydrogen-bond acceptors (Lipinski definition) is 7. The number of aromatic nitrogens is 7. The molecule has 6 heterocycles. The summed E-state index contributed by atoms with van der Waals surface area (Å²) in [5.41, 5.74) is 3.55. The third kappa shape index (κ3) is 3.48. The van der Waals surface area contributed by atoms with Gasteiger partial charge in [0.15, 0.2) is 5.65 Å². The van der Waals surface area contributed by atoms with Gasteiger partial charge in [-0.15, -0.1) is 0 Å². The Labute approximate surface area is 195 Å². The summed E-state index contributed by atoms with van der Waals surface area (Å²) in [7, 11) is 0. The topological polar surface area (TPSA) is 126 Å². The second-order valence-electron chi connectivity index (χ2n) is 8.09. The van der Waals surface area contributed by atoms with Crippen molar-refractivity contribution in [3.8, 4) is 22.6 Å². The van der Waals surface area contributed by atoms with Gasteiger partial charge in [-0.1, -0.05) is 6.07 Å². The van der Waals surface area contributed by atoms with E-state index in [0.29, 0.717) is 33.2 Å². The Kier molecular flexibility index (Phi) is 4.59. The lowest BCUT2D eigenvalue weighted by Crippen LogP contribution is -2.38. The molecular formula is C22H17F2N9O2. The highest BCUT2D eigenvalue weighted by atomic mass is 19.3. The van der Waals surface area contributed by atoms with E-state index in [2.05, 4.69) is 25.6 Å². The Morgan fingerprint density at radius 3 is 2.71 bits per heavy atom. The minimum absolute atomic E-state index is 0.178. The zero-order valence-corrected chi connectivity index (χ0v) is 18.0. The Morgan fingerprint density at radius 2 is 1.89 bits per heavy atom. The number of anilines is 1. The van der Waals surface area contributed by atoms with Crippen LogP contribution in [0.3, 0.4) is 0 Å². The molecule has 0 bridgehead atoms. The number of fused-ring (bicyclic) bond motifs is 2. The van der Waals surface area contributed by atoms with Crippen LogP contribution in [0.15, 0.2) is 61.1 Å². The normalized spacial score (nSPS) is 17.3. The summed E-state index contributed by atoms with van der Waals surface area (Å²) in [6.45, 7) is -1.23. The van der Waals surface area contributed by atoms with E-state index in [0.717, 1.165) is 5.52 Å². The van der Waals surface area contributed by atoms with Crippen LogP contribution >= 0.6 is 0 Å². The first-order valence-corrected chi connectivity index (χ1v) is 10.6. The smallest absolute Gasteiger partial charge is 0.407 e. The highest BCUT2D eigenvalue weighted by Gasteiger charge is 2.50. The van der Waals surface area contributed by atoms with Gasteiger partial charge in [0.1, 0.15) is 23.2 Å². The van der Waals surface area contributed by atoms with Crippen LogP contribution < -0.4 is 5.32 Å². The highest BCUT2D eigenvalue weighted by molar-refractivity contribution is 5.87. The molecule has 1 amide bonds. The number of halogens is 2. The van der Waals surface area contributed by atoms with Gasteiger partial charge in [-0.25, -0.2) is 28.1 Å². The average Bonchev–Trinajstić information content (AvgIpc) is 3.52. The van der Waals surface area contributed by atoms with Crippen molar-refractivity contribution < 1.29 is 18.7 Å². The number of amides is 1. The van der Waals surface area contributed by atoms with Crippen molar-refractivity contribution in [2.45, 2.75) is 12.0 Å². The van der Waals surface area contributed by atoms with Crippen LogP contribution in [0.4, 0.5) is 19.4 Å². The van der Waals surface area contributed by atoms with Crippen LogP contribution in [0.1, 0.15) is 0 Å². The predicted octanol–water partition coefficient (Wildman–Crippen LogP) is 2.91. The van der Waals surface area contributed by atoms with Crippen molar-refractivity contribution >= 4 is 23.1 Å². The number of rotatable bonds is 4. The van der Waals surface area contributed by atoms with Crippen molar-refractivity contribution in [1.29, 1.82) is 0 Å². The molecule has 1 unspecified atom stereocenters. The van der Waals surface area contributed by atoms with E-state index in [1.165, 1.54) is 4.63 Å². The first-order valence-electron chi connectivity index (χ1n) is 10.6. The highest BCUT2D eigenvalue weighted by Crippen LogP contribution is 2.35. The fraction of sp³-hybridized carbons (Fsp3) is 0.182. The van der Waals surface area contributed by atoms with E-state index in [1.807, 2.05) is 6.07 Å². The number of carbonyl (C=O) groups is 1. The Hall–Kier alpha value is -4.68. The number of nitrogens with zero attached hydrogens (tertiary/aromatic N) is 8. The summed E-state index contributed by atoms with van der Waals surface area (Å²) in [4.78, 5) is 21.2. The largest absolute Gasteiger partial charge is 0.465 e. The Morgan fingerprint density at radius 1 is 1.06 bits per heavy atom. The average molecular weight is 477 g/mol. The molecule has 13 heteroatoms. The fourth-order valence-electron chi connectivity index (χ4n) is 4.23. The van der Waals surface area contributed by atoms with Gasteiger partial charge in [-0.05, 0) is 36.4 Å². The van der Waals surface area contributed by atoms with Gasteiger partial charge in [0, 0.05) is 12.4 Å². The van der Waals surface area contributed by atoms with Gasteiger partial charge in [0.2, 0.25) is 0 Å². The standard InChI is InChI=1S/C22H17F2N9O2/c23-22(24)12-31(21(34)35)11-16(22)29-17-6-1-4-14(28-17)20-19(30-18-7-3-8-25-32(18)20)13-10-27-33-15(13)5-2-9-26-33/h1-10,16H,11-12H2,(H,28,29)(H,34,35). The molecule has 5 aromatic heterocycles. The first-order chi connectivity index (χ1) is 16.9. The number of hydrogen-bond donors (Lipinski definition) is 2. The zero-order chi connectivity index (χ0) is 24.2. The molecule has 1 atom stereocenters. The molecular weight excluding hydrogens is 460 g/mol. The molecule has 0 saturated carbocycles. The summed E-state index contributed by atoms with van der Waals surface area (Å²) in [5.74, 6) is -3.06. The van der Waals surface area contributed by atoms with Gasteiger partial charge in [-0.3, -0.25) is 4.90 Å². The molecule has 0 aliphatic carbocycles. The molecule has 11 nitrogen and oxygen atoms in total. The lowest BCUT2D eigenvalue weighted by atomic mass is 10.1. The number of alkyl halides is 2. The van der Waals surface area contributed by atoms with E-state index in [4.69, 9.17) is 10.1 Å². The van der Waals surface area contributed by atoms with Gasteiger partial charge in [0.25, 0.3) is 5.92 Å². The van der Waals surface area contributed by atoms with Gasteiger partial charge < -0.3 is 10.4 Å². The number of likely N-dealkylation sites (tertiary alicyclic amines) is 1. The third-order valence-electron chi connectivity index (χ3n) is 5.85. The molecule has 176 valence electrons. The molecule has 0 aromatic carbocycles. The summed E-state index contributed by atoms with van der Waals surface area (Å²) < 4.78 is 32.0. The van der Waals surface area contributed by atoms with Crippen LogP contribution in [0, 0.1) is 0 Å². The maximum absolute atomic E-state index is 14.5. The number of carboxylic acid groups (broad SMARTS) is 1. The lowest BCUT2D eigenvalue weighted by molar-refractivity contribution is 0.00477. The van der Waals surface area contributed by atoms with Crippen molar-refractivity contribution in [1.82, 2.24) is 39.3 Å². The molecule has 1 saturated heterocycles. The number of imidazole rings is 1.